The lowest BCUT2D eigenvalue weighted by atomic mass is 10.3. The third kappa shape index (κ3) is 5.57. The van der Waals surface area contributed by atoms with Gasteiger partial charge in [-0.15, -0.1) is 0 Å². The first-order chi connectivity index (χ1) is 6.63. The highest BCUT2D eigenvalue weighted by molar-refractivity contribution is 9.10. The number of alkyl halides is 1. The average molecular weight is 268 g/mol. The number of hydrogen-bond acceptors (Lipinski definition) is 3. The molecule has 0 radical (unpaired) electrons. The maximum atomic E-state index is 11.6. The van der Waals surface area contributed by atoms with E-state index in [9.17, 15) is 4.79 Å². The van der Waals surface area contributed by atoms with Crippen molar-refractivity contribution in [3.63, 3.8) is 0 Å². The van der Waals surface area contributed by atoms with Crippen LogP contribution in [0, 0.1) is 0 Å². The van der Waals surface area contributed by atoms with Crippen LogP contribution in [0.25, 0.3) is 0 Å². The van der Waals surface area contributed by atoms with E-state index in [1.807, 2.05) is 6.92 Å². The first kappa shape index (κ1) is 13.9. The van der Waals surface area contributed by atoms with Gasteiger partial charge in [0.1, 0.15) is 0 Å². The van der Waals surface area contributed by atoms with Crippen molar-refractivity contribution in [2.24, 2.45) is 0 Å². The second kappa shape index (κ2) is 8.20. The standard InChI is InChI=1S/C9H18BrNO3/c1-8(10)9(12)11(4-6-13-2)5-7-14-3/h8H,4-7H2,1-3H3. The Bertz CT molecular complexity index is 156. The van der Waals surface area contributed by atoms with E-state index < -0.39 is 0 Å². The van der Waals surface area contributed by atoms with Crippen LogP contribution in [0.15, 0.2) is 0 Å². The smallest absolute Gasteiger partial charge is 0.236 e. The fourth-order valence-corrected chi connectivity index (χ4v) is 1.28. The van der Waals surface area contributed by atoms with Gasteiger partial charge in [-0.25, -0.2) is 0 Å². The lowest BCUT2D eigenvalue weighted by Gasteiger charge is -2.23. The summed E-state index contributed by atoms with van der Waals surface area (Å²) < 4.78 is 9.86. The third-order valence-electron chi connectivity index (χ3n) is 1.78. The van der Waals surface area contributed by atoms with E-state index >= 15 is 0 Å². The highest BCUT2D eigenvalue weighted by atomic mass is 79.9. The molecule has 1 amide bonds. The topological polar surface area (TPSA) is 38.8 Å². The minimum atomic E-state index is -0.156. The van der Waals surface area contributed by atoms with Crippen LogP contribution in [0.2, 0.25) is 0 Å². The second-order valence-corrected chi connectivity index (χ2v) is 4.30. The Kier molecular flexibility index (Phi) is 8.12. The van der Waals surface area contributed by atoms with Crippen LogP contribution in [-0.2, 0) is 14.3 Å². The molecule has 14 heavy (non-hydrogen) atoms. The monoisotopic (exact) mass is 267 g/mol. The molecule has 0 N–H and O–H groups in total. The van der Waals surface area contributed by atoms with Gasteiger partial charge in [0.15, 0.2) is 0 Å². The molecule has 0 rings (SSSR count). The highest BCUT2D eigenvalue weighted by Gasteiger charge is 2.17. The predicted octanol–water partition coefficient (Wildman–Crippen LogP) is 0.891. The van der Waals surface area contributed by atoms with Crippen LogP contribution in [0.1, 0.15) is 6.92 Å². The van der Waals surface area contributed by atoms with E-state index in [2.05, 4.69) is 15.9 Å². The normalized spacial score (nSPS) is 12.6. The zero-order valence-corrected chi connectivity index (χ0v) is 10.5. The average Bonchev–Trinajstić information content (AvgIpc) is 2.17. The molecule has 84 valence electrons. The summed E-state index contributed by atoms with van der Waals surface area (Å²) in [6, 6.07) is 0. The van der Waals surface area contributed by atoms with Crippen LogP contribution in [-0.4, -0.2) is 56.2 Å². The van der Waals surface area contributed by atoms with Crippen molar-refractivity contribution in [1.82, 2.24) is 4.90 Å². The molecule has 4 nitrogen and oxygen atoms in total. The summed E-state index contributed by atoms with van der Waals surface area (Å²) in [5.41, 5.74) is 0. The Hall–Kier alpha value is -0.130. The largest absolute Gasteiger partial charge is 0.383 e. The summed E-state index contributed by atoms with van der Waals surface area (Å²) in [6.07, 6.45) is 0. The summed E-state index contributed by atoms with van der Waals surface area (Å²) in [5, 5.41) is 0. The van der Waals surface area contributed by atoms with E-state index in [1.165, 1.54) is 0 Å². The summed E-state index contributed by atoms with van der Waals surface area (Å²) in [6.45, 7) is 4.13. The molecule has 0 aromatic heterocycles. The van der Waals surface area contributed by atoms with E-state index in [0.29, 0.717) is 26.3 Å². The van der Waals surface area contributed by atoms with Crippen molar-refractivity contribution < 1.29 is 14.3 Å². The minimum Gasteiger partial charge on any atom is -0.383 e. The van der Waals surface area contributed by atoms with E-state index in [1.54, 1.807) is 19.1 Å². The van der Waals surface area contributed by atoms with Crippen LogP contribution < -0.4 is 0 Å². The molecule has 0 aliphatic carbocycles. The van der Waals surface area contributed by atoms with Gasteiger partial charge in [-0.05, 0) is 6.92 Å². The molecule has 5 heteroatoms. The molecule has 0 heterocycles. The fraction of sp³-hybridized carbons (Fsp3) is 0.889. The number of carbonyl (C=O) groups is 1. The van der Waals surface area contributed by atoms with Gasteiger partial charge in [0, 0.05) is 27.3 Å². The van der Waals surface area contributed by atoms with Crippen molar-refractivity contribution in [3.05, 3.63) is 0 Å². The van der Waals surface area contributed by atoms with Crippen molar-refractivity contribution in [3.8, 4) is 0 Å². The molecule has 0 bridgehead atoms. The quantitative estimate of drug-likeness (QED) is 0.644. The Morgan fingerprint density at radius 1 is 1.29 bits per heavy atom. The summed E-state index contributed by atoms with van der Waals surface area (Å²) in [5.74, 6) is 0.0686. The van der Waals surface area contributed by atoms with Gasteiger partial charge in [-0.1, -0.05) is 15.9 Å². The molecule has 0 aromatic carbocycles. The number of carbonyl (C=O) groups excluding carboxylic acids is 1. The number of nitrogens with zero attached hydrogens (tertiary/aromatic N) is 1. The van der Waals surface area contributed by atoms with Crippen molar-refractivity contribution in [2.45, 2.75) is 11.8 Å². The maximum Gasteiger partial charge on any atom is 0.236 e. The van der Waals surface area contributed by atoms with Gasteiger partial charge in [-0.3, -0.25) is 4.79 Å². The minimum absolute atomic E-state index is 0.0686. The van der Waals surface area contributed by atoms with Crippen LogP contribution in [0.4, 0.5) is 0 Å². The zero-order valence-electron chi connectivity index (χ0n) is 8.96. The lowest BCUT2D eigenvalue weighted by molar-refractivity contribution is -0.131. The molecule has 0 saturated heterocycles. The Morgan fingerprint density at radius 3 is 2.00 bits per heavy atom. The number of methoxy groups -OCH3 is 2. The van der Waals surface area contributed by atoms with Crippen LogP contribution in [0.3, 0.4) is 0 Å². The zero-order chi connectivity index (χ0) is 11.0. The van der Waals surface area contributed by atoms with Gasteiger partial charge < -0.3 is 14.4 Å². The number of halogens is 1. The molecule has 0 aromatic rings. The van der Waals surface area contributed by atoms with E-state index in [0.717, 1.165) is 0 Å². The van der Waals surface area contributed by atoms with Crippen LogP contribution in [0.5, 0.6) is 0 Å². The van der Waals surface area contributed by atoms with Gasteiger partial charge in [0.05, 0.1) is 18.0 Å². The van der Waals surface area contributed by atoms with Crippen LogP contribution >= 0.6 is 15.9 Å². The third-order valence-corrected chi connectivity index (χ3v) is 2.17. The molecular formula is C9H18BrNO3. The maximum absolute atomic E-state index is 11.6. The molecule has 0 aliphatic rings. The first-order valence-electron chi connectivity index (χ1n) is 4.54. The first-order valence-corrected chi connectivity index (χ1v) is 5.45. The Morgan fingerprint density at radius 2 is 1.71 bits per heavy atom. The summed E-state index contributed by atoms with van der Waals surface area (Å²) >= 11 is 3.25. The second-order valence-electron chi connectivity index (χ2n) is 2.93. The SMILES string of the molecule is COCCN(CCOC)C(=O)C(C)Br. The van der Waals surface area contributed by atoms with Crippen molar-refractivity contribution in [2.75, 3.05) is 40.5 Å². The molecule has 0 spiro atoms. The molecule has 0 aliphatic heterocycles. The van der Waals surface area contributed by atoms with Gasteiger partial charge in [0.25, 0.3) is 0 Å². The summed E-state index contributed by atoms with van der Waals surface area (Å²) in [4.78, 5) is 13.2. The fourth-order valence-electron chi connectivity index (χ4n) is 0.987. The van der Waals surface area contributed by atoms with Crippen molar-refractivity contribution >= 4 is 21.8 Å². The number of rotatable bonds is 7. The number of ether oxygens (including phenoxy) is 2. The molecular weight excluding hydrogens is 250 g/mol. The molecule has 0 saturated carbocycles. The molecule has 1 unspecified atom stereocenters. The van der Waals surface area contributed by atoms with E-state index in [4.69, 9.17) is 9.47 Å². The van der Waals surface area contributed by atoms with Gasteiger partial charge >= 0.3 is 0 Å². The number of hydrogen-bond donors (Lipinski definition) is 0. The van der Waals surface area contributed by atoms with E-state index in [-0.39, 0.29) is 10.7 Å². The Labute approximate surface area is 93.7 Å². The van der Waals surface area contributed by atoms with Crippen molar-refractivity contribution in [1.29, 1.82) is 0 Å². The van der Waals surface area contributed by atoms with Gasteiger partial charge in [0.2, 0.25) is 5.91 Å². The highest BCUT2D eigenvalue weighted by Crippen LogP contribution is 2.03. The number of amides is 1. The summed E-state index contributed by atoms with van der Waals surface area (Å²) in [7, 11) is 3.24. The predicted molar refractivity (Wildman–Crippen MR) is 58.7 cm³/mol. The Balaban J connectivity index is 4.01. The molecule has 0 fully saturated rings. The lowest BCUT2D eigenvalue weighted by Crippen LogP contribution is -2.39. The van der Waals surface area contributed by atoms with Gasteiger partial charge in [-0.2, -0.15) is 0 Å². The molecule has 1 atom stereocenters.